The van der Waals surface area contributed by atoms with Gasteiger partial charge in [0, 0.05) is 17.0 Å². The van der Waals surface area contributed by atoms with Crippen molar-refractivity contribution in [3.63, 3.8) is 0 Å². The number of nitriles is 1. The fraction of sp³-hybridized carbons (Fsp3) is 0.125. The lowest BCUT2D eigenvalue weighted by molar-refractivity contribution is -0.384. The van der Waals surface area contributed by atoms with Crippen LogP contribution in [-0.4, -0.2) is 10.8 Å². The highest BCUT2D eigenvalue weighted by Gasteiger charge is 2.14. The van der Waals surface area contributed by atoms with Crippen LogP contribution in [0.2, 0.25) is 0 Å². The molecule has 7 heteroatoms. The van der Waals surface area contributed by atoms with Crippen LogP contribution in [0.3, 0.4) is 0 Å². The second-order valence-corrected chi connectivity index (χ2v) is 5.80. The molecule has 1 aromatic heterocycles. The minimum Gasteiger partial charge on any atom is -0.321 e. The van der Waals surface area contributed by atoms with E-state index in [2.05, 4.69) is 5.32 Å². The molecule has 0 aliphatic rings. The second-order valence-electron chi connectivity index (χ2n) is 4.85. The summed E-state index contributed by atoms with van der Waals surface area (Å²) in [6.07, 6.45) is 1.52. The van der Waals surface area contributed by atoms with Crippen LogP contribution < -0.4 is 5.32 Å². The number of nitrogens with zero attached hydrogens (tertiary/aromatic N) is 2. The predicted molar refractivity (Wildman–Crippen MR) is 89.1 cm³/mol. The van der Waals surface area contributed by atoms with E-state index < -0.39 is 10.8 Å². The number of nitro benzene ring substituents is 1. The third-order valence-electron chi connectivity index (χ3n) is 3.22. The lowest BCUT2D eigenvalue weighted by Gasteiger charge is -2.07. The molecule has 0 aliphatic carbocycles. The van der Waals surface area contributed by atoms with Crippen LogP contribution in [0, 0.1) is 35.3 Å². The summed E-state index contributed by atoms with van der Waals surface area (Å²) in [5.74, 6) is -0.594. The maximum atomic E-state index is 12.2. The molecular formula is C16H13N3O3S. The van der Waals surface area contributed by atoms with Gasteiger partial charge in [0.1, 0.15) is 11.6 Å². The van der Waals surface area contributed by atoms with Crippen LogP contribution in [0.5, 0.6) is 0 Å². The van der Waals surface area contributed by atoms with E-state index in [1.165, 1.54) is 29.5 Å². The molecule has 0 saturated carbocycles. The van der Waals surface area contributed by atoms with Crippen molar-refractivity contribution in [3.8, 4) is 6.07 Å². The highest BCUT2D eigenvalue weighted by molar-refractivity contribution is 7.11. The summed E-state index contributed by atoms with van der Waals surface area (Å²) in [6.45, 7) is 3.61. The van der Waals surface area contributed by atoms with Crippen molar-refractivity contribution in [2.75, 3.05) is 5.32 Å². The fourth-order valence-corrected chi connectivity index (χ4v) is 2.72. The smallest absolute Gasteiger partial charge is 0.271 e. The van der Waals surface area contributed by atoms with Crippen LogP contribution >= 0.6 is 11.3 Å². The van der Waals surface area contributed by atoms with Gasteiger partial charge in [0.05, 0.1) is 10.6 Å². The first kappa shape index (κ1) is 16.4. The molecule has 2 rings (SSSR count). The normalized spacial score (nSPS) is 10.9. The molecular weight excluding hydrogens is 314 g/mol. The lowest BCUT2D eigenvalue weighted by atomic mass is 10.1. The van der Waals surface area contributed by atoms with Gasteiger partial charge in [-0.2, -0.15) is 5.26 Å². The van der Waals surface area contributed by atoms with E-state index in [1.807, 2.05) is 24.4 Å². The molecule has 0 bridgehead atoms. The van der Waals surface area contributed by atoms with Gasteiger partial charge in [-0.3, -0.25) is 14.9 Å². The molecule has 0 spiro atoms. The molecule has 116 valence electrons. The summed E-state index contributed by atoms with van der Waals surface area (Å²) in [5.41, 5.74) is 1.79. The number of carbonyl (C=O) groups is 1. The van der Waals surface area contributed by atoms with E-state index in [9.17, 15) is 20.2 Å². The Balaban J connectivity index is 2.29. The largest absolute Gasteiger partial charge is 0.321 e. The number of rotatable bonds is 4. The predicted octanol–water partition coefficient (Wildman–Crippen LogP) is 3.82. The molecule has 0 saturated heterocycles. The number of thiophene rings is 1. The summed E-state index contributed by atoms with van der Waals surface area (Å²) in [5, 5.41) is 24.4. The third-order valence-corrected chi connectivity index (χ3v) is 4.19. The quantitative estimate of drug-likeness (QED) is 0.399. The summed E-state index contributed by atoms with van der Waals surface area (Å²) >= 11 is 1.43. The van der Waals surface area contributed by atoms with Crippen molar-refractivity contribution in [1.82, 2.24) is 0 Å². The number of anilines is 1. The zero-order valence-electron chi connectivity index (χ0n) is 12.5. The molecule has 2 aromatic rings. The third kappa shape index (κ3) is 3.81. The molecule has 0 radical (unpaired) electrons. The number of amides is 1. The van der Waals surface area contributed by atoms with Crippen LogP contribution in [-0.2, 0) is 4.79 Å². The summed E-state index contributed by atoms with van der Waals surface area (Å²) < 4.78 is 0. The molecule has 0 atom stereocenters. The van der Waals surface area contributed by atoms with E-state index in [0.717, 1.165) is 10.4 Å². The molecule has 1 heterocycles. The van der Waals surface area contributed by atoms with Gasteiger partial charge in [0.25, 0.3) is 11.6 Å². The van der Waals surface area contributed by atoms with E-state index in [-0.39, 0.29) is 11.3 Å². The minimum absolute atomic E-state index is 0.0542. The number of carbonyl (C=O) groups excluding carboxylic acids is 1. The van der Waals surface area contributed by atoms with Crippen molar-refractivity contribution >= 4 is 34.7 Å². The van der Waals surface area contributed by atoms with Gasteiger partial charge in [-0.15, -0.1) is 11.3 Å². The Hall–Kier alpha value is -2.98. The summed E-state index contributed by atoms with van der Waals surface area (Å²) in [4.78, 5) is 23.4. The maximum absolute atomic E-state index is 12.2. The van der Waals surface area contributed by atoms with Crippen molar-refractivity contribution in [1.29, 1.82) is 5.26 Å². The van der Waals surface area contributed by atoms with Crippen LogP contribution in [0.4, 0.5) is 11.4 Å². The lowest BCUT2D eigenvalue weighted by Crippen LogP contribution is -2.14. The van der Waals surface area contributed by atoms with E-state index >= 15 is 0 Å². The fourth-order valence-electron chi connectivity index (χ4n) is 1.86. The van der Waals surface area contributed by atoms with Gasteiger partial charge in [0.15, 0.2) is 0 Å². The monoisotopic (exact) mass is 327 g/mol. The SMILES string of the molecule is Cc1ccc([N+](=O)[O-])cc1NC(=O)/C(C#N)=C/c1sccc1C. The first-order valence-electron chi connectivity index (χ1n) is 6.64. The molecule has 1 amide bonds. The minimum atomic E-state index is -0.594. The van der Waals surface area contributed by atoms with Crippen molar-refractivity contribution in [2.45, 2.75) is 13.8 Å². The Morgan fingerprint density at radius 3 is 2.65 bits per heavy atom. The molecule has 1 aromatic carbocycles. The average Bonchev–Trinajstić information content (AvgIpc) is 2.91. The first-order chi connectivity index (χ1) is 10.9. The van der Waals surface area contributed by atoms with Crippen LogP contribution in [0.15, 0.2) is 35.2 Å². The number of hydrogen-bond acceptors (Lipinski definition) is 5. The Bertz CT molecular complexity index is 846. The zero-order chi connectivity index (χ0) is 17.0. The number of benzene rings is 1. The summed E-state index contributed by atoms with van der Waals surface area (Å²) in [6, 6.07) is 7.95. The number of aryl methyl sites for hydroxylation is 2. The molecule has 0 aliphatic heterocycles. The van der Waals surface area contributed by atoms with Crippen LogP contribution in [0.25, 0.3) is 6.08 Å². The van der Waals surface area contributed by atoms with Gasteiger partial charge in [-0.05, 0) is 42.5 Å². The highest BCUT2D eigenvalue weighted by atomic mass is 32.1. The van der Waals surface area contributed by atoms with E-state index in [4.69, 9.17) is 0 Å². The Morgan fingerprint density at radius 1 is 1.35 bits per heavy atom. The van der Waals surface area contributed by atoms with E-state index in [1.54, 1.807) is 13.0 Å². The van der Waals surface area contributed by atoms with Gasteiger partial charge in [-0.25, -0.2) is 0 Å². The number of nitrogens with one attached hydrogen (secondary N) is 1. The molecule has 0 fully saturated rings. The summed E-state index contributed by atoms with van der Waals surface area (Å²) in [7, 11) is 0. The van der Waals surface area contributed by atoms with Gasteiger partial charge < -0.3 is 5.32 Å². The molecule has 1 N–H and O–H groups in total. The Labute approximate surface area is 136 Å². The first-order valence-corrected chi connectivity index (χ1v) is 7.52. The molecule has 23 heavy (non-hydrogen) atoms. The van der Waals surface area contributed by atoms with Crippen molar-refractivity contribution < 1.29 is 9.72 Å². The maximum Gasteiger partial charge on any atom is 0.271 e. The zero-order valence-corrected chi connectivity index (χ0v) is 13.3. The Morgan fingerprint density at radius 2 is 2.09 bits per heavy atom. The van der Waals surface area contributed by atoms with Crippen LogP contribution in [0.1, 0.15) is 16.0 Å². The van der Waals surface area contributed by atoms with Gasteiger partial charge in [-0.1, -0.05) is 6.07 Å². The Kier molecular flexibility index (Phi) is 4.88. The number of hydrogen-bond donors (Lipinski definition) is 1. The number of nitro groups is 1. The second kappa shape index (κ2) is 6.85. The topological polar surface area (TPSA) is 96.0 Å². The van der Waals surface area contributed by atoms with Gasteiger partial charge in [0.2, 0.25) is 0 Å². The van der Waals surface area contributed by atoms with Gasteiger partial charge >= 0.3 is 0 Å². The van der Waals surface area contributed by atoms with E-state index in [0.29, 0.717) is 11.3 Å². The molecule has 6 nitrogen and oxygen atoms in total. The van der Waals surface area contributed by atoms with Crippen molar-refractivity contribution in [3.05, 3.63) is 61.3 Å². The molecule has 0 unspecified atom stereocenters. The average molecular weight is 327 g/mol. The number of non-ortho nitro benzene ring substituents is 1. The van der Waals surface area contributed by atoms with Crippen molar-refractivity contribution in [2.24, 2.45) is 0 Å². The standard InChI is InChI=1S/C16H13N3O3S/c1-10-3-4-13(19(21)22)8-14(10)18-16(20)12(9-17)7-15-11(2)5-6-23-15/h3-8H,1-2H3,(H,18,20)/b12-7+. The highest BCUT2D eigenvalue weighted by Crippen LogP contribution is 2.23.